The number of thioether (sulfide) groups is 1. The number of carbonyl (C=O) groups is 2. The van der Waals surface area contributed by atoms with Crippen molar-refractivity contribution in [1.29, 1.82) is 0 Å². The molecule has 1 fully saturated rings. The quantitative estimate of drug-likeness (QED) is 0.573. The first kappa shape index (κ1) is 15.9. The maximum Gasteiger partial charge on any atom is 0.324 e. The van der Waals surface area contributed by atoms with Crippen LogP contribution in [0.3, 0.4) is 0 Å². The molecule has 0 aromatic heterocycles. The molecule has 2 N–H and O–H groups in total. The largest absolute Gasteiger partial charge is 0.465 e. The maximum atomic E-state index is 12.0. The van der Waals surface area contributed by atoms with Crippen LogP contribution in [0.5, 0.6) is 0 Å². The minimum Gasteiger partial charge on any atom is -0.465 e. The lowest BCUT2D eigenvalue weighted by Crippen LogP contribution is -2.37. The van der Waals surface area contributed by atoms with E-state index in [9.17, 15) is 9.59 Å². The van der Waals surface area contributed by atoms with E-state index in [4.69, 9.17) is 10.5 Å². The normalized spacial score (nSPS) is 21.6. The summed E-state index contributed by atoms with van der Waals surface area (Å²) in [7, 11) is 0. The summed E-state index contributed by atoms with van der Waals surface area (Å²) in [4.78, 5) is 25.0. The van der Waals surface area contributed by atoms with Crippen LogP contribution in [-0.4, -0.2) is 47.8 Å². The molecule has 1 heterocycles. The van der Waals surface area contributed by atoms with Crippen molar-refractivity contribution in [3.05, 3.63) is 35.9 Å². The highest BCUT2D eigenvalue weighted by Gasteiger charge is 2.46. The van der Waals surface area contributed by atoms with Gasteiger partial charge < -0.3 is 10.5 Å². The fourth-order valence-electron chi connectivity index (χ4n) is 2.15. The van der Waals surface area contributed by atoms with Crippen molar-refractivity contribution in [2.45, 2.75) is 24.8 Å². The number of nitrogens with zero attached hydrogens (tertiary/aromatic N) is 1. The third-order valence-corrected chi connectivity index (χ3v) is 4.41. The highest BCUT2D eigenvalue weighted by atomic mass is 32.2. The van der Waals surface area contributed by atoms with Gasteiger partial charge >= 0.3 is 5.97 Å². The molecule has 1 aliphatic heterocycles. The first-order valence-corrected chi connectivity index (χ1v) is 8.12. The minimum atomic E-state index is -0.392. The van der Waals surface area contributed by atoms with Crippen LogP contribution in [0.2, 0.25) is 0 Å². The van der Waals surface area contributed by atoms with Gasteiger partial charge in [-0.3, -0.25) is 14.5 Å². The summed E-state index contributed by atoms with van der Waals surface area (Å²) >= 11 is 1.66. The first-order chi connectivity index (χ1) is 10.1. The highest BCUT2D eigenvalue weighted by molar-refractivity contribution is 7.98. The van der Waals surface area contributed by atoms with E-state index >= 15 is 0 Å². The molecule has 3 unspecified atom stereocenters. The SMILES string of the molecule is CCOC(=O)C(CSCc1ccccc1)N1CC1C(N)=O. The Hall–Kier alpha value is -1.53. The third kappa shape index (κ3) is 4.47. The molecule has 5 nitrogen and oxygen atoms in total. The zero-order valence-corrected chi connectivity index (χ0v) is 12.8. The van der Waals surface area contributed by atoms with Gasteiger partial charge in [0.05, 0.1) is 6.61 Å². The molecule has 0 spiro atoms. The van der Waals surface area contributed by atoms with Crippen LogP contribution in [-0.2, 0) is 20.1 Å². The number of esters is 1. The molecule has 0 saturated carbocycles. The van der Waals surface area contributed by atoms with Gasteiger partial charge in [0.1, 0.15) is 12.1 Å². The van der Waals surface area contributed by atoms with Crippen LogP contribution in [0.25, 0.3) is 0 Å². The summed E-state index contributed by atoms with van der Waals surface area (Å²) in [6.07, 6.45) is 0. The van der Waals surface area contributed by atoms with E-state index in [-0.39, 0.29) is 17.9 Å². The van der Waals surface area contributed by atoms with Gasteiger partial charge in [0.2, 0.25) is 5.91 Å². The van der Waals surface area contributed by atoms with E-state index in [1.165, 1.54) is 5.56 Å². The lowest BCUT2D eigenvalue weighted by molar-refractivity contribution is -0.146. The van der Waals surface area contributed by atoms with E-state index in [1.54, 1.807) is 23.6 Å². The topological polar surface area (TPSA) is 72.4 Å². The predicted octanol–water partition coefficient (Wildman–Crippen LogP) is 1.02. The second-order valence-corrected chi connectivity index (χ2v) is 5.91. The van der Waals surface area contributed by atoms with Crippen molar-refractivity contribution in [1.82, 2.24) is 4.90 Å². The summed E-state index contributed by atoms with van der Waals surface area (Å²) in [5, 5.41) is 0. The number of carbonyl (C=O) groups excluding carboxylic acids is 2. The van der Waals surface area contributed by atoms with Crippen LogP contribution in [0.4, 0.5) is 0 Å². The maximum absolute atomic E-state index is 12.0. The Bertz CT molecular complexity index is 495. The van der Waals surface area contributed by atoms with Crippen LogP contribution >= 0.6 is 11.8 Å². The van der Waals surface area contributed by atoms with Crippen molar-refractivity contribution < 1.29 is 14.3 Å². The van der Waals surface area contributed by atoms with Crippen LogP contribution in [0, 0.1) is 0 Å². The number of benzene rings is 1. The fraction of sp³-hybridized carbons (Fsp3) is 0.467. The Kier molecular flexibility index (Phi) is 5.64. The summed E-state index contributed by atoms with van der Waals surface area (Å²) in [5.74, 6) is 0.766. The Morgan fingerprint density at radius 3 is 2.71 bits per heavy atom. The number of hydrogen-bond acceptors (Lipinski definition) is 5. The Labute approximate surface area is 128 Å². The number of primary amides is 1. The molecule has 6 heteroatoms. The van der Waals surface area contributed by atoms with Gasteiger partial charge in [-0.05, 0) is 12.5 Å². The third-order valence-electron chi connectivity index (χ3n) is 3.33. The number of ether oxygens (including phenoxy) is 1. The summed E-state index contributed by atoms with van der Waals surface area (Å²) < 4.78 is 5.09. The zero-order chi connectivity index (χ0) is 15.2. The average Bonchev–Trinajstić information content (AvgIpc) is 3.25. The number of hydrogen-bond donors (Lipinski definition) is 1. The lowest BCUT2D eigenvalue weighted by Gasteiger charge is -2.17. The first-order valence-electron chi connectivity index (χ1n) is 6.96. The molecule has 3 atom stereocenters. The van der Waals surface area contributed by atoms with Crippen LogP contribution in [0.1, 0.15) is 12.5 Å². The van der Waals surface area contributed by atoms with E-state index in [1.807, 2.05) is 18.2 Å². The zero-order valence-electron chi connectivity index (χ0n) is 12.0. The monoisotopic (exact) mass is 308 g/mol. The highest BCUT2D eigenvalue weighted by Crippen LogP contribution is 2.25. The number of nitrogens with two attached hydrogens (primary N) is 1. The second-order valence-electron chi connectivity index (χ2n) is 4.88. The molecule has 1 aromatic carbocycles. The fourth-order valence-corrected chi connectivity index (χ4v) is 3.25. The molecular formula is C15H20N2O3S. The van der Waals surface area contributed by atoms with Gasteiger partial charge in [0.25, 0.3) is 0 Å². The van der Waals surface area contributed by atoms with Gasteiger partial charge in [-0.1, -0.05) is 30.3 Å². The average molecular weight is 308 g/mol. The van der Waals surface area contributed by atoms with Crippen molar-refractivity contribution in [2.24, 2.45) is 5.73 Å². The molecule has 0 bridgehead atoms. The number of rotatable bonds is 8. The molecular weight excluding hydrogens is 288 g/mol. The smallest absolute Gasteiger partial charge is 0.324 e. The van der Waals surface area contributed by atoms with Gasteiger partial charge in [0, 0.05) is 18.1 Å². The standard InChI is InChI=1S/C15H20N2O3S/c1-2-20-15(19)13(17-8-12(17)14(16)18)10-21-9-11-6-4-3-5-7-11/h3-7,12-13H,2,8-10H2,1H3,(H2,16,18). The van der Waals surface area contributed by atoms with E-state index in [2.05, 4.69) is 12.1 Å². The number of amides is 1. The molecule has 1 aromatic rings. The van der Waals surface area contributed by atoms with Gasteiger partial charge in [-0.15, -0.1) is 0 Å². The predicted molar refractivity (Wildman–Crippen MR) is 82.7 cm³/mol. The molecule has 0 radical (unpaired) electrons. The molecule has 1 amide bonds. The summed E-state index contributed by atoms with van der Waals surface area (Å²) in [6, 6.07) is 9.35. The molecule has 0 aliphatic carbocycles. The molecule has 1 saturated heterocycles. The molecule has 21 heavy (non-hydrogen) atoms. The van der Waals surface area contributed by atoms with Gasteiger partial charge in [-0.25, -0.2) is 0 Å². The van der Waals surface area contributed by atoms with Crippen molar-refractivity contribution in [2.75, 3.05) is 18.9 Å². The van der Waals surface area contributed by atoms with Crippen molar-refractivity contribution >= 4 is 23.6 Å². The van der Waals surface area contributed by atoms with E-state index in [0.29, 0.717) is 18.9 Å². The van der Waals surface area contributed by atoms with E-state index < -0.39 is 6.04 Å². The molecule has 2 rings (SSSR count). The van der Waals surface area contributed by atoms with Gasteiger partial charge in [0.15, 0.2) is 0 Å². The Morgan fingerprint density at radius 2 is 2.14 bits per heavy atom. The summed E-state index contributed by atoms with van der Waals surface area (Å²) in [6.45, 7) is 2.67. The van der Waals surface area contributed by atoms with Crippen LogP contribution in [0.15, 0.2) is 30.3 Å². The van der Waals surface area contributed by atoms with E-state index in [0.717, 1.165) is 5.75 Å². The second kappa shape index (κ2) is 7.47. The molecule has 1 aliphatic rings. The molecule has 114 valence electrons. The summed E-state index contributed by atoms with van der Waals surface area (Å²) in [5.41, 5.74) is 6.49. The van der Waals surface area contributed by atoms with Gasteiger partial charge in [-0.2, -0.15) is 11.8 Å². The minimum absolute atomic E-state index is 0.276. The lowest BCUT2D eigenvalue weighted by atomic mass is 10.2. The Morgan fingerprint density at radius 1 is 1.43 bits per heavy atom. The van der Waals surface area contributed by atoms with Crippen molar-refractivity contribution in [3.8, 4) is 0 Å². The van der Waals surface area contributed by atoms with Crippen molar-refractivity contribution in [3.63, 3.8) is 0 Å². The van der Waals surface area contributed by atoms with Crippen LogP contribution < -0.4 is 5.73 Å². The Balaban J connectivity index is 1.87.